The Labute approximate surface area is 270 Å². The minimum atomic E-state index is -0.461. The summed E-state index contributed by atoms with van der Waals surface area (Å²) in [6.07, 6.45) is 2.75. The Morgan fingerprint density at radius 2 is 1.78 bits per heavy atom. The lowest BCUT2D eigenvalue weighted by Gasteiger charge is -2.35. The maximum absolute atomic E-state index is 14.3. The molecule has 234 valence electrons. The first-order chi connectivity index (χ1) is 22.0. The molecule has 9 nitrogen and oxygen atoms in total. The van der Waals surface area contributed by atoms with Crippen molar-refractivity contribution in [3.8, 4) is 11.4 Å². The van der Waals surface area contributed by atoms with E-state index in [1.807, 2.05) is 45.0 Å². The number of nitrogens with one attached hydrogen (secondary N) is 1. The molecule has 1 aliphatic heterocycles. The fraction of sp³-hybridized carbons (Fsp3) is 0.229. The molecule has 0 fully saturated rings. The molecule has 0 saturated heterocycles. The molecule has 0 saturated carbocycles. The van der Waals surface area contributed by atoms with E-state index in [0.29, 0.717) is 45.2 Å². The number of carbonyl (C=O) groups is 2. The highest BCUT2D eigenvalue weighted by Gasteiger charge is 2.32. The third-order valence-electron chi connectivity index (χ3n) is 8.36. The number of hydrogen-bond donors (Lipinski definition) is 1. The molecule has 1 aliphatic rings. The van der Waals surface area contributed by atoms with Gasteiger partial charge in [-0.05, 0) is 93.8 Å². The van der Waals surface area contributed by atoms with Crippen LogP contribution in [0.2, 0.25) is 5.02 Å². The van der Waals surface area contributed by atoms with Crippen LogP contribution in [0.4, 0.5) is 10.3 Å². The Bertz CT molecular complexity index is 2040. The van der Waals surface area contributed by atoms with Crippen molar-refractivity contribution in [1.82, 2.24) is 24.2 Å². The lowest BCUT2D eigenvalue weighted by molar-refractivity contribution is 0.0653. The summed E-state index contributed by atoms with van der Waals surface area (Å²) in [7, 11) is 0. The molecular weight excluding hydrogens is 607 g/mol. The van der Waals surface area contributed by atoms with Gasteiger partial charge in [0, 0.05) is 27.8 Å². The molecule has 2 atom stereocenters. The number of anilines is 1. The van der Waals surface area contributed by atoms with Crippen molar-refractivity contribution in [3.63, 3.8) is 0 Å². The van der Waals surface area contributed by atoms with Gasteiger partial charge in [-0.15, -0.1) is 0 Å². The topological polar surface area (TPSA) is 102 Å². The maximum Gasteiger partial charge on any atom is 0.263 e. The molecule has 1 amide bonds. The van der Waals surface area contributed by atoms with Crippen LogP contribution in [0.3, 0.4) is 0 Å². The molecule has 2 unspecified atom stereocenters. The van der Waals surface area contributed by atoms with Crippen LogP contribution < -0.4 is 10.9 Å². The average molecular weight is 639 g/mol. The van der Waals surface area contributed by atoms with E-state index in [0.717, 1.165) is 17.3 Å². The second-order valence-corrected chi connectivity index (χ2v) is 12.0. The highest BCUT2D eigenvalue weighted by atomic mass is 35.5. The van der Waals surface area contributed by atoms with Crippen molar-refractivity contribution in [2.75, 3.05) is 5.32 Å². The van der Waals surface area contributed by atoms with Crippen LogP contribution in [0, 0.1) is 12.7 Å². The SMILES string of the molecule is CC(=O)c1ccc(-n2c(NC(C)c3ccccc3-n3cc(F)cn3)nc3c(c2=O)CC(C)N(C(=O)c2ccc(Cl)c(C)c2)C3)cc1. The zero-order chi connectivity index (χ0) is 32.7. The normalized spacial score (nSPS) is 14.9. The van der Waals surface area contributed by atoms with E-state index in [4.69, 9.17) is 16.6 Å². The summed E-state index contributed by atoms with van der Waals surface area (Å²) in [5.41, 5.74) is 4.56. The molecule has 0 radical (unpaired) electrons. The summed E-state index contributed by atoms with van der Waals surface area (Å²) >= 11 is 6.21. The van der Waals surface area contributed by atoms with Crippen LogP contribution in [0.1, 0.15) is 69.9 Å². The summed E-state index contributed by atoms with van der Waals surface area (Å²) < 4.78 is 16.8. The number of ketones is 1. The monoisotopic (exact) mass is 638 g/mol. The summed E-state index contributed by atoms with van der Waals surface area (Å²) in [5.74, 6) is -0.461. The van der Waals surface area contributed by atoms with Crippen LogP contribution in [0.25, 0.3) is 11.4 Å². The van der Waals surface area contributed by atoms with Gasteiger partial charge in [-0.25, -0.2) is 18.6 Å². The average Bonchev–Trinajstić information content (AvgIpc) is 3.48. The molecule has 5 aromatic rings. The zero-order valence-electron chi connectivity index (χ0n) is 25.8. The summed E-state index contributed by atoms with van der Waals surface area (Å²) in [5, 5.41) is 8.12. The molecule has 3 aromatic carbocycles. The Balaban J connectivity index is 1.43. The third kappa shape index (κ3) is 5.83. The standard InChI is InChI=1S/C35H32ClFN6O3/c1-20-15-25(11-14-30(20)36)33(45)41-19-31-29(16-21(41)2)34(46)43(27-12-9-24(10-13-27)23(4)44)35(40-31)39-22(3)28-7-5-6-8-32(28)42-18-26(37)17-38-42/h5-15,17-18,21-22H,16,19H2,1-4H3,(H,39,40). The van der Waals surface area contributed by atoms with Gasteiger partial charge in [0.15, 0.2) is 11.6 Å². The molecule has 3 heterocycles. The Morgan fingerprint density at radius 1 is 1.07 bits per heavy atom. The molecule has 0 aliphatic carbocycles. The fourth-order valence-electron chi connectivity index (χ4n) is 5.82. The van der Waals surface area contributed by atoms with E-state index >= 15 is 0 Å². The molecular formula is C35H32ClFN6O3. The summed E-state index contributed by atoms with van der Waals surface area (Å²) in [6, 6.07) is 18.7. The minimum Gasteiger partial charge on any atom is -0.349 e. The lowest BCUT2D eigenvalue weighted by Crippen LogP contribution is -2.46. The number of benzene rings is 3. The van der Waals surface area contributed by atoms with Crippen molar-refractivity contribution in [1.29, 1.82) is 0 Å². The van der Waals surface area contributed by atoms with Crippen molar-refractivity contribution >= 4 is 29.2 Å². The fourth-order valence-corrected chi connectivity index (χ4v) is 5.94. The van der Waals surface area contributed by atoms with E-state index < -0.39 is 11.9 Å². The first-order valence-electron chi connectivity index (χ1n) is 14.9. The van der Waals surface area contributed by atoms with Crippen LogP contribution in [-0.2, 0) is 13.0 Å². The van der Waals surface area contributed by atoms with Crippen LogP contribution in [0.15, 0.2) is 83.9 Å². The van der Waals surface area contributed by atoms with Gasteiger partial charge < -0.3 is 10.2 Å². The van der Waals surface area contributed by atoms with Crippen molar-refractivity contribution in [2.24, 2.45) is 0 Å². The molecule has 0 bridgehead atoms. The lowest BCUT2D eigenvalue weighted by atomic mass is 9.98. The van der Waals surface area contributed by atoms with Gasteiger partial charge in [-0.1, -0.05) is 29.8 Å². The first-order valence-corrected chi connectivity index (χ1v) is 15.3. The van der Waals surface area contributed by atoms with Crippen molar-refractivity contribution in [3.05, 3.63) is 134 Å². The number of rotatable bonds is 7. The second kappa shape index (κ2) is 12.4. The molecule has 1 N–H and O–H groups in total. The van der Waals surface area contributed by atoms with Gasteiger partial charge in [-0.3, -0.25) is 14.4 Å². The summed E-state index contributed by atoms with van der Waals surface area (Å²) in [4.78, 5) is 46.6. The maximum atomic E-state index is 14.3. The van der Waals surface area contributed by atoms with Gasteiger partial charge >= 0.3 is 0 Å². The number of hydrogen-bond acceptors (Lipinski definition) is 6. The second-order valence-electron chi connectivity index (χ2n) is 11.6. The summed E-state index contributed by atoms with van der Waals surface area (Å²) in [6.45, 7) is 7.30. The largest absolute Gasteiger partial charge is 0.349 e. The number of halogens is 2. The van der Waals surface area contributed by atoms with E-state index in [1.165, 1.54) is 22.4 Å². The van der Waals surface area contributed by atoms with E-state index in [-0.39, 0.29) is 35.8 Å². The first kappa shape index (κ1) is 30.9. The number of para-hydroxylation sites is 1. The van der Waals surface area contributed by atoms with Gasteiger partial charge in [0.05, 0.1) is 42.0 Å². The number of amides is 1. The van der Waals surface area contributed by atoms with E-state index in [9.17, 15) is 18.8 Å². The quantitative estimate of drug-likeness (QED) is 0.205. The highest BCUT2D eigenvalue weighted by molar-refractivity contribution is 6.31. The Kier molecular flexibility index (Phi) is 8.31. The minimum absolute atomic E-state index is 0.0874. The van der Waals surface area contributed by atoms with Crippen molar-refractivity contribution < 1.29 is 14.0 Å². The number of carbonyl (C=O) groups excluding carboxylic acids is 2. The molecule has 46 heavy (non-hydrogen) atoms. The number of aromatic nitrogens is 4. The molecule has 2 aromatic heterocycles. The van der Waals surface area contributed by atoms with Gasteiger partial charge in [-0.2, -0.15) is 5.10 Å². The van der Waals surface area contributed by atoms with E-state index in [1.54, 1.807) is 47.4 Å². The predicted octanol–water partition coefficient (Wildman–Crippen LogP) is 6.48. The third-order valence-corrected chi connectivity index (χ3v) is 8.78. The molecule has 6 rings (SSSR count). The smallest absolute Gasteiger partial charge is 0.263 e. The van der Waals surface area contributed by atoms with Crippen LogP contribution in [0.5, 0.6) is 0 Å². The van der Waals surface area contributed by atoms with Crippen LogP contribution >= 0.6 is 11.6 Å². The number of nitrogens with zero attached hydrogens (tertiary/aromatic N) is 5. The Morgan fingerprint density at radius 3 is 2.46 bits per heavy atom. The Hall–Kier alpha value is -5.09. The molecule has 11 heteroatoms. The number of Topliss-reactive ketones (excluding diaryl/α,β-unsaturated/α-hetero) is 1. The zero-order valence-corrected chi connectivity index (χ0v) is 26.5. The van der Waals surface area contributed by atoms with Gasteiger partial charge in [0.1, 0.15) is 0 Å². The van der Waals surface area contributed by atoms with Gasteiger partial charge in [0.2, 0.25) is 5.95 Å². The highest BCUT2D eigenvalue weighted by Crippen LogP contribution is 2.29. The van der Waals surface area contributed by atoms with E-state index in [2.05, 4.69) is 10.4 Å². The van der Waals surface area contributed by atoms with Crippen molar-refractivity contribution in [2.45, 2.75) is 52.7 Å². The predicted molar refractivity (Wildman–Crippen MR) is 175 cm³/mol. The van der Waals surface area contributed by atoms with Crippen LogP contribution in [-0.4, -0.2) is 42.0 Å². The number of fused-ring (bicyclic) bond motifs is 1. The van der Waals surface area contributed by atoms with Gasteiger partial charge in [0.25, 0.3) is 11.5 Å². The number of aryl methyl sites for hydroxylation is 1. The molecule has 0 spiro atoms.